The van der Waals surface area contributed by atoms with Gasteiger partial charge in [0.05, 0.1) is 11.6 Å². The van der Waals surface area contributed by atoms with Gasteiger partial charge in [-0.1, -0.05) is 0 Å². The zero-order chi connectivity index (χ0) is 19.0. The van der Waals surface area contributed by atoms with E-state index in [9.17, 15) is 13.2 Å². The van der Waals surface area contributed by atoms with Gasteiger partial charge >= 0.3 is 6.18 Å². The first-order chi connectivity index (χ1) is 12.4. The predicted molar refractivity (Wildman–Crippen MR) is 99.7 cm³/mol. The normalized spacial score (nSPS) is 12.4. The smallest absolute Gasteiger partial charge is 0.357 e. The Labute approximate surface area is 158 Å². The minimum atomic E-state index is -4.41. The Bertz CT molecular complexity index is 709. The van der Waals surface area contributed by atoms with Crippen molar-refractivity contribution in [3.8, 4) is 0 Å². The van der Waals surface area contributed by atoms with E-state index >= 15 is 0 Å². The number of guanidine groups is 1. The molecule has 0 bridgehead atoms. The molecule has 0 fully saturated rings. The maximum Gasteiger partial charge on any atom is 0.434 e. The average molecular weight is 406 g/mol. The number of alkyl halides is 3. The zero-order valence-electron chi connectivity index (χ0n) is 14.7. The molecule has 0 atom stereocenters. The van der Waals surface area contributed by atoms with Crippen LogP contribution in [0.15, 0.2) is 15.8 Å². The second kappa shape index (κ2) is 9.86. The second-order valence-corrected chi connectivity index (χ2v) is 7.47. The van der Waals surface area contributed by atoms with Crippen molar-refractivity contribution in [1.29, 1.82) is 0 Å². The first-order valence-corrected chi connectivity index (χ1v) is 10.1. The first-order valence-electron chi connectivity index (χ1n) is 8.33. The van der Waals surface area contributed by atoms with E-state index in [1.54, 1.807) is 11.3 Å². The largest absolute Gasteiger partial charge is 0.434 e. The maximum absolute atomic E-state index is 12.6. The number of aliphatic imine (C=N–C) groups is 1. The molecule has 0 unspecified atom stereocenters. The third-order valence-electron chi connectivity index (χ3n) is 3.34. The van der Waals surface area contributed by atoms with E-state index in [1.165, 1.54) is 0 Å². The molecule has 2 aromatic heterocycles. The van der Waals surface area contributed by atoms with E-state index in [-0.39, 0.29) is 6.54 Å². The van der Waals surface area contributed by atoms with E-state index in [1.807, 2.05) is 19.2 Å². The molecule has 2 rings (SSSR count). The molecule has 5 nitrogen and oxygen atoms in total. The molecule has 0 aliphatic heterocycles. The van der Waals surface area contributed by atoms with Crippen LogP contribution < -0.4 is 10.6 Å². The quantitative estimate of drug-likeness (QED) is 0.396. The number of aryl methyl sites for hydroxylation is 2. The molecule has 2 N–H and O–H groups in total. The fraction of sp³-hybridized carbons (Fsp3) is 0.562. The molecule has 0 saturated heterocycles. The summed E-state index contributed by atoms with van der Waals surface area (Å²) in [6.45, 7) is 5.46. The van der Waals surface area contributed by atoms with Gasteiger partial charge in [-0.3, -0.25) is 0 Å². The van der Waals surface area contributed by atoms with Crippen molar-refractivity contribution < 1.29 is 13.2 Å². The number of thiazole rings is 2. The summed E-state index contributed by atoms with van der Waals surface area (Å²) < 4.78 is 37.7. The summed E-state index contributed by atoms with van der Waals surface area (Å²) in [7, 11) is 0. The number of unbranched alkanes of at least 4 members (excludes halogenated alkanes) is 1. The summed E-state index contributed by atoms with van der Waals surface area (Å²) in [5.41, 5.74) is 0.198. The van der Waals surface area contributed by atoms with Crippen molar-refractivity contribution in [3.63, 3.8) is 0 Å². The molecular formula is C16H22F3N5S2. The standard InChI is InChI=1S/C16H22F3N5S2/c1-3-20-15(21-7-5-4-6-13-23-11(2)9-25-13)22-8-14-24-12(10-26-14)16(17,18)19/h9-10H,3-8H2,1-2H3,(H2,20,21,22). The Hall–Kier alpha value is -1.68. The van der Waals surface area contributed by atoms with Crippen molar-refractivity contribution in [2.24, 2.45) is 4.99 Å². The molecular weight excluding hydrogens is 383 g/mol. The highest BCUT2D eigenvalue weighted by Crippen LogP contribution is 2.30. The van der Waals surface area contributed by atoms with E-state index in [2.05, 4.69) is 25.6 Å². The lowest BCUT2D eigenvalue weighted by molar-refractivity contribution is -0.140. The van der Waals surface area contributed by atoms with Gasteiger partial charge in [0.15, 0.2) is 11.7 Å². The van der Waals surface area contributed by atoms with Crippen LogP contribution in [0.1, 0.15) is 41.2 Å². The SMILES string of the molecule is CCNC(=NCc1nc(C(F)(F)F)cs1)NCCCCc1nc(C)cs1. The Morgan fingerprint density at radius 1 is 1.12 bits per heavy atom. The number of nitrogens with zero attached hydrogens (tertiary/aromatic N) is 3. The summed E-state index contributed by atoms with van der Waals surface area (Å²) in [5, 5.41) is 10.8. The minimum absolute atomic E-state index is 0.120. The molecule has 0 aromatic carbocycles. The van der Waals surface area contributed by atoms with Gasteiger partial charge in [0, 0.05) is 29.5 Å². The number of halogens is 3. The predicted octanol–water partition coefficient (Wildman–Crippen LogP) is 4.00. The van der Waals surface area contributed by atoms with Gasteiger partial charge in [0.1, 0.15) is 5.01 Å². The molecule has 26 heavy (non-hydrogen) atoms. The molecule has 0 aliphatic rings. The van der Waals surface area contributed by atoms with Gasteiger partial charge < -0.3 is 10.6 Å². The highest BCUT2D eigenvalue weighted by Gasteiger charge is 2.33. The monoisotopic (exact) mass is 405 g/mol. The van der Waals surface area contributed by atoms with E-state index in [4.69, 9.17) is 0 Å². The third kappa shape index (κ3) is 6.91. The Balaban J connectivity index is 1.76. The van der Waals surface area contributed by atoms with Crippen molar-refractivity contribution in [3.05, 3.63) is 32.2 Å². The van der Waals surface area contributed by atoms with Crippen LogP contribution in [-0.2, 0) is 19.1 Å². The molecule has 144 valence electrons. The van der Waals surface area contributed by atoms with Crippen molar-refractivity contribution in [2.75, 3.05) is 13.1 Å². The van der Waals surface area contributed by atoms with Crippen LogP contribution in [0.5, 0.6) is 0 Å². The molecule has 0 radical (unpaired) electrons. The van der Waals surface area contributed by atoms with Crippen molar-refractivity contribution >= 4 is 28.6 Å². The fourth-order valence-corrected chi connectivity index (χ4v) is 3.67. The lowest BCUT2D eigenvalue weighted by Gasteiger charge is -2.10. The van der Waals surface area contributed by atoms with Crippen molar-refractivity contribution in [2.45, 2.75) is 45.8 Å². The van der Waals surface area contributed by atoms with Crippen molar-refractivity contribution in [1.82, 2.24) is 20.6 Å². The Morgan fingerprint density at radius 2 is 1.88 bits per heavy atom. The number of rotatable bonds is 8. The second-order valence-electron chi connectivity index (χ2n) is 5.59. The molecule has 2 heterocycles. The Kier molecular flexibility index (Phi) is 7.83. The van der Waals surface area contributed by atoms with Crippen LogP contribution in [0.4, 0.5) is 13.2 Å². The molecule has 0 saturated carbocycles. The highest BCUT2D eigenvalue weighted by molar-refractivity contribution is 7.09. The fourth-order valence-electron chi connectivity index (χ4n) is 2.13. The number of hydrogen-bond donors (Lipinski definition) is 2. The van der Waals surface area contributed by atoms with Crippen LogP contribution in [0, 0.1) is 6.92 Å². The molecule has 2 aromatic rings. The van der Waals surface area contributed by atoms with Crippen LogP contribution in [0.2, 0.25) is 0 Å². The van der Waals surface area contributed by atoms with Crippen LogP contribution >= 0.6 is 22.7 Å². The molecule has 10 heteroatoms. The van der Waals surface area contributed by atoms with Gasteiger partial charge in [-0.15, -0.1) is 22.7 Å². The van der Waals surface area contributed by atoms with Crippen LogP contribution in [0.3, 0.4) is 0 Å². The van der Waals surface area contributed by atoms with Crippen LogP contribution in [-0.4, -0.2) is 29.0 Å². The summed E-state index contributed by atoms with van der Waals surface area (Å²) in [4.78, 5) is 12.3. The van der Waals surface area contributed by atoms with Gasteiger partial charge in [-0.25, -0.2) is 15.0 Å². The van der Waals surface area contributed by atoms with Crippen LogP contribution in [0.25, 0.3) is 0 Å². The van der Waals surface area contributed by atoms with E-state index in [0.29, 0.717) is 17.5 Å². The molecule has 0 aliphatic carbocycles. The molecule has 0 spiro atoms. The van der Waals surface area contributed by atoms with E-state index in [0.717, 1.165) is 53.2 Å². The van der Waals surface area contributed by atoms with Gasteiger partial charge in [-0.05, 0) is 33.1 Å². The number of aromatic nitrogens is 2. The Morgan fingerprint density at radius 3 is 2.50 bits per heavy atom. The lowest BCUT2D eigenvalue weighted by atomic mass is 10.2. The summed E-state index contributed by atoms with van der Waals surface area (Å²) in [6.07, 6.45) is -1.48. The van der Waals surface area contributed by atoms with E-state index < -0.39 is 11.9 Å². The highest BCUT2D eigenvalue weighted by atomic mass is 32.1. The van der Waals surface area contributed by atoms with Gasteiger partial charge in [-0.2, -0.15) is 13.2 Å². The van der Waals surface area contributed by atoms with Gasteiger partial charge in [0.2, 0.25) is 0 Å². The summed E-state index contributed by atoms with van der Waals surface area (Å²) >= 11 is 2.65. The number of nitrogens with one attached hydrogen (secondary N) is 2. The molecule has 0 amide bonds. The summed E-state index contributed by atoms with van der Waals surface area (Å²) in [6, 6.07) is 0. The van der Waals surface area contributed by atoms with Gasteiger partial charge in [0.25, 0.3) is 0 Å². The maximum atomic E-state index is 12.6. The number of hydrogen-bond acceptors (Lipinski definition) is 5. The lowest BCUT2D eigenvalue weighted by Crippen LogP contribution is -2.37. The minimum Gasteiger partial charge on any atom is -0.357 e. The zero-order valence-corrected chi connectivity index (χ0v) is 16.3. The third-order valence-corrected chi connectivity index (χ3v) is 5.20. The first kappa shape index (κ1) is 20.6. The average Bonchev–Trinajstić information content (AvgIpc) is 3.21. The summed E-state index contributed by atoms with van der Waals surface area (Å²) in [5.74, 6) is 0.585. The topological polar surface area (TPSA) is 62.2 Å².